The first-order chi connectivity index (χ1) is 11.9. The highest BCUT2D eigenvalue weighted by atomic mass is 16.5. The Morgan fingerprint density at radius 1 is 1.00 bits per heavy atom. The molecule has 0 spiro atoms. The number of ketones is 1. The van der Waals surface area contributed by atoms with Crippen molar-refractivity contribution in [1.29, 1.82) is 0 Å². The minimum atomic E-state index is -0.843. The lowest BCUT2D eigenvalue weighted by atomic mass is 9.90. The largest absolute Gasteiger partial charge is 0.461 e. The predicted octanol–water partition coefficient (Wildman–Crippen LogP) is 4.14. The average molecular weight is 335 g/mol. The third-order valence-electron chi connectivity index (χ3n) is 3.85. The number of benzene rings is 2. The van der Waals surface area contributed by atoms with Crippen LogP contribution in [0.15, 0.2) is 67.3 Å². The number of hydrogen-bond acceptors (Lipinski definition) is 4. The summed E-state index contributed by atoms with van der Waals surface area (Å²) in [5, 5.41) is 4.07. The molecule has 0 saturated heterocycles. The molecule has 1 aromatic heterocycles. The van der Waals surface area contributed by atoms with Crippen molar-refractivity contribution in [3.8, 4) is 16.9 Å². The minimum absolute atomic E-state index is 0.0647. The first-order valence-corrected chi connectivity index (χ1v) is 8.16. The first-order valence-electron chi connectivity index (χ1n) is 8.16. The van der Waals surface area contributed by atoms with Gasteiger partial charge in [-0.25, -0.2) is 9.67 Å². The standard InChI is InChI=1S/C20H21N3O2/c1-20(2,3)18(24)19(23-14-21-13-22-23)25-17-11-9-16(10-12-17)15-7-5-4-6-8-15/h4-14,19H,1-3H3/t19-/m0/s1. The quantitative estimate of drug-likeness (QED) is 0.703. The second-order valence-corrected chi connectivity index (χ2v) is 6.85. The molecule has 0 saturated carbocycles. The van der Waals surface area contributed by atoms with E-state index < -0.39 is 11.6 Å². The summed E-state index contributed by atoms with van der Waals surface area (Å²) in [5.74, 6) is 0.544. The van der Waals surface area contributed by atoms with Crippen LogP contribution in [0.5, 0.6) is 5.75 Å². The fourth-order valence-corrected chi connectivity index (χ4v) is 2.42. The molecule has 0 radical (unpaired) electrons. The fourth-order valence-electron chi connectivity index (χ4n) is 2.42. The summed E-state index contributed by atoms with van der Waals surface area (Å²) in [6.45, 7) is 5.59. The molecule has 5 heteroatoms. The Balaban J connectivity index is 1.84. The maximum absolute atomic E-state index is 12.7. The third kappa shape index (κ3) is 3.94. The topological polar surface area (TPSA) is 57.0 Å². The van der Waals surface area contributed by atoms with E-state index in [1.54, 1.807) is 0 Å². The summed E-state index contributed by atoms with van der Waals surface area (Å²) >= 11 is 0. The van der Waals surface area contributed by atoms with Gasteiger partial charge in [0.05, 0.1) is 0 Å². The summed E-state index contributed by atoms with van der Waals surface area (Å²) in [6, 6.07) is 17.8. The maximum Gasteiger partial charge on any atom is 0.252 e. The van der Waals surface area contributed by atoms with Crippen LogP contribution in [0.1, 0.15) is 27.0 Å². The lowest BCUT2D eigenvalue weighted by Crippen LogP contribution is -2.34. The number of rotatable bonds is 5. The fraction of sp³-hybridized carbons (Fsp3) is 0.250. The molecule has 0 N–H and O–H groups in total. The summed E-state index contributed by atoms with van der Waals surface area (Å²) in [7, 11) is 0. The van der Waals surface area contributed by atoms with Crippen LogP contribution in [0, 0.1) is 5.41 Å². The van der Waals surface area contributed by atoms with Gasteiger partial charge in [-0.3, -0.25) is 4.79 Å². The maximum atomic E-state index is 12.7. The van der Waals surface area contributed by atoms with Crippen molar-refractivity contribution in [2.45, 2.75) is 27.0 Å². The number of Topliss-reactive ketones (excluding diaryl/α,β-unsaturated/α-hetero) is 1. The second kappa shape index (κ2) is 6.89. The Hall–Kier alpha value is -2.95. The van der Waals surface area contributed by atoms with Gasteiger partial charge in [0.2, 0.25) is 5.78 Å². The number of carbonyl (C=O) groups is 1. The second-order valence-electron chi connectivity index (χ2n) is 6.85. The number of hydrogen-bond donors (Lipinski definition) is 0. The molecule has 0 fully saturated rings. The van der Waals surface area contributed by atoms with Gasteiger partial charge < -0.3 is 4.74 Å². The van der Waals surface area contributed by atoms with Crippen molar-refractivity contribution < 1.29 is 9.53 Å². The molecule has 0 bridgehead atoms. The number of aromatic nitrogens is 3. The van der Waals surface area contributed by atoms with E-state index in [4.69, 9.17) is 4.74 Å². The van der Waals surface area contributed by atoms with Crippen LogP contribution in [0.4, 0.5) is 0 Å². The predicted molar refractivity (Wildman–Crippen MR) is 96.0 cm³/mol. The van der Waals surface area contributed by atoms with Crippen LogP contribution in [0.3, 0.4) is 0 Å². The molecule has 128 valence electrons. The smallest absolute Gasteiger partial charge is 0.252 e. The molecular weight excluding hydrogens is 314 g/mol. The van der Waals surface area contributed by atoms with E-state index in [1.165, 1.54) is 17.3 Å². The van der Waals surface area contributed by atoms with Crippen LogP contribution >= 0.6 is 0 Å². The Labute approximate surface area is 147 Å². The molecule has 5 nitrogen and oxygen atoms in total. The van der Waals surface area contributed by atoms with E-state index in [2.05, 4.69) is 22.2 Å². The van der Waals surface area contributed by atoms with Crippen molar-refractivity contribution in [2.24, 2.45) is 5.41 Å². The highest BCUT2D eigenvalue weighted by Crippen LogP contribution is 2.28. The summed E-state index contributed by atoms with van der Waals surface area (Å²) in [6.07, 6.45) is 2.04. The van der Waals surface area contributed by atoms with E-state index in [9.17, 15) is 4.79 Å². The molecule has 2 aromatic carbocycles. The summed E-state index contributed by atoms with van der Waals surface area (Å²) in [5.41, 5.74) is 1.67. The lowest BCUT2D eigenvalue weighted by molar-refractivity contribution is -0.138. The molecule has 1 heterocycles. The molecule has 0 aliphatic carbocycles. The zero-order chi connectivity index (χ0) is 17.9. The SMILES string of the molecule is CC(C)(C)C(=O)[C@H](Oc1ccc(-c2ccccc2)cc1)n1cncn1. The minimum Gasteiger partial charge on any atom is -0.461 e. The van der Waals surface area contributed by atoms with Gasteiger partial charge >= 0.3 is 0 Å². The van der Waals surface area contributed by atoms with Gasteiger partial charge in [-0.05, 0) is 23.3 Å². The zero-order valence-electron chi connectivity index (χ0n) is 14.6. The molecule has 3 aromatic rings. The lowest BCUT2D eigenvalue weighted by Gasteiger charge is -2.25. The normalized spacial score (nSPS) is 12.6. The Morgan fingerprint density at radius 2 is 1.64 bits per heavy atom. The number of ether oxygens (including phenoxy) is 1. The Kier molecular flexibility index (Phi) is 4.65. The molecule has 0 amide bonds. The summed E-state index contributed by atoms with van der Waals surface area (Å²) < 4.78 is 7.39. The van der Waals surface area contributed by atoms with Crippen LogP contribution in [-0.2, 0) is 4.79 Å². The molecule has 1 atom stereocenters. The van der Waals surface area contributed by atoms with Crippen molar-refractivity contribution in [3.05, 3.63) is 67.3 Å². The third-order valence-corrected chi connectivity index (χ3v) is 3.85. The first kappa shape index (κ1) is 16.9. The highest BCUT2D eigenvalue weighted by Gasteiger charge is 2.33. The Morgan fingerprint density at radius 3 is 2.20 bits per heavy atom. The van der Waals surface area contributed by atoms with E-state index in [0.29, 0.717) is 5.75 Å². The van der Waals surface area contributed by atoms with Gasteiger partial charge in [0.25, 0.3) is 6.23 Å². The van der Waals surface area contributed by atoms with E-state index in [0.717, 1.165) is 11.1 Å². The molecule has 0 aliphatic rings. The van der Waals surface area contributed by atoms with Gasteiger partial charge in [0.1, 0.15) is 18.4 Å². The highest BCUT2D eigenvalue weighted by molar-refractivity contribution is 5.86. The van der Waals surface area contributed by atoms with Gasteiger partial charge in [0.15, 0.2) is 0 Å². The summed E-state index contributed by atoms with van der Waals surface area (Å²) in [4.78, 5) is 16.7. The molecule has 0 aliphatic heterocycles. The van der Waals surface area contributed by atoms with Crippen LogP contribution < -0.4 is 4.74 Å². The zero-order valence-corrected chi connectivity index (χ0v) is 14.6. The molecule has 3 rings (SSSR count). The van der Waals surface area contributed by atoms with Crippen molar-refractivity contribution in [1.82, 2.24) is 14.8 Å². The number of nitrogens with zero attached hydrogens (tertiary/aromatic N) is 3. The van der Waals surface area contributed by atoms with E-state index in [1.807, 2.05) is 63.2 Å². The van der Waals surface area contributed by atoms with Gasteiger partial charge in [-0.1, -0.05) is 63.2 Å². The molecule has 25 heavy (non-hydrogen) atoms. The van der Waals surface area contributed by atoms with Crippen LogP contribution in [-0.4, -0.2) is 20.5 Å². The average Bonchev–Trinajstić information content (AvgIpc) is 3.14. The van der Waals surface area contributed by atoms with Crippen molar-refractivity contribution >= 4 is 5.78 Å². The van der Waals surface area contributed by atoms with Crippen LogP contribution in [0.25, 0.3) is 11.1 Å². The van der Waals surface area contributed by atoms with E-state index in [-0.39, 0.29) is 5.78 Å². The van der Waals surface area contributed by atoms with Gasteiger partial charge in [-0.2, -0.15) is 5.10 Å². The van der Waals surface area contributed by atoms with Crippen molar-refractivity contribution in [3.63, 3.8) is 0 Å². The van der Waals surface area contributed by atoms with Crippen molar-refractivity contribution in [2.75, 3.05) is 0 Å². The number of carbonyl (C=O) groups excluding carboxylic acids is 1. The van der Waals surface area contributed by atoms with Crippen LogP contribution in [0.2, 0.25) is 0 Å². The van der Waals surface area contributed by atoms with Gasteiger partial charge in [0, 0.05) is 5.41 Å². The Bertz CT molecular complexity index is 820. The van der Waals surface area contributed by atoms with Gasteiger partial charge in [-0.15, -0.1) is 0 Å². The monoisotopic (exact) mass is 335 g/mol. The molecular formula is C20H21N3O2. The van der Waals surface area contributed by atoms with E-state index >= 15 is 0 Å². The molecule has 0 unspecified atom stereocenters.